The first-order chi connectivity index (χ1) is 7.59. The van der Waals surface area contributed by atoms with Crippen molar-refractivity contribution in [2.75, 3.05) is 19.0 Å². The molecule has 1 heterocycles. The van der Waals surface area contributed by atoms with Gasteiger partial charge in [-0.05, 0) is 24.6 Å². The number of aromatic amines is 1. The summed E-state index contributed by atoms with van der Waals surface area (Å²) in [7, 11) is 4.11. The van der Waals surface area contributed by atoms with Gasteiger partial charge in [-0.2, -0.15) is 0 Å². The summed E-state index contributed by atoms with van der Waals surface area (Å²) in [5.41, 5.74) is 3.70. The Balaban J connectivity index is 0.000000606. The number of aromatic nitrogens is 1. The predicted octanol–water partition coefficient (Wildman–Crippen LogP) is 4.33. The molecule has 88 valence electrons. The Kier molecular flexibility index (Phi) is 4.42. The molecule has 0 spiro atoms. The number of anilines is 1. The second kappa shape index (κ2) is 5.39. The van der Waals surface area contributed by atoms with Gasteiger partial charge >= 0.3 is 0 Å². The highest BCUT2D eigenvalue weighted by atomic mass is 79.9. The first-order valence-electron chi connectivity index (χ1n) is 5.54. The zero-order valence-corrected chi connectivity index (χ0v) is 12.1. The van der Waals surface area contributed by atoms with Crippen molar-refractivity contribution in [1.82, 2.24) is 4.98 Å². The standard InChI is InChI=1S/C11H13BrN2.C2H6/c1-7-6-13-11-9(7)4-8(12)5-10(11)14(2)3;1-2/h4-6,13H,1-3H3;1-2H3. The van der Waals surface area contributed by atoms with Gasteiger partial charge in [0.05, 0.1) is 11.2 Å². The molecule has 1 aromatic heterocycles. The van der Waals surface area contributed by atoms with Crippen LogP contribution >= 0.6 is 15.9 Å². The van der Waals surface area contributed by atoms with Crippen molar-refractivity contribution < 1.29 is 0 Å². The Bertz CT molecular complexity index is 472. The Hall–Kier alpha value is -0.960. The number of aryl methyl sites for hydroxylation is 1. The lowest BCUT2D eigenvalue weighted by Gasteiger charge is -2.14. The molecule has 0 radical (unpaired) electrons. The highest BCUT2D eigenvalue weighted by Gasteiger charge is 2.07. The van der Waals surface area contributed by atoms with Crippen LogP contribution in [0.5, 0.6) is 0 Å². The Labute approximate surface area is 106 Å². The number of fused-ring (bicyclic) bond motifs is 1. The SMILES string of the molecule is CC.Cc1c[nH]c2c(N(C)C)cc(Br)cc12. The summed E-state index contributed by atoms with van der Waals surface area (Å²) < 4.78 is 1.12. The largest absolute Gasteiger partial charge is 0.376 e. The van der Waals surface area contributed by atoms with Crippen LogP contribution in [0, 0.1) is 6.92 Å². The maximum atomic E-state index is 3.53. The number of hydrogen-bond acceptors (Lipinski definition) is 1. The van der Waals surface area contributed by atoms with E-state index < -0.39 is 0 Å². The molecule has 3 heteroatoms. The first-order valence-corrected chi connectivity index (χ1v) is 6.33. The van der Waals surface area contributed by atoms with Crippen molar-refractivity contribution in [3.63, 3.8) is 0 Å². The fraction of sp³-hybridized carbons (Fsp3) is 0.385. The van der Waals surface area contributed by atoms with Gasteiger partial charge in [0.15, 0.2) is 0 Å². The van der Waals surface area contributed by atoms with Crippen LogP contribution in [-0.2, 0) is 0 Å². The van der Waals surface area contributed by atoms with Gasteiger partial charge in [-0.1, -0.05) is 29.8 Å². The van der Waals surface area contributed by atoms with Gasteiger partial charge in [0.1, 0.15) is 0 Å². The molecule has 0 fully saturated rings. The molecule has 1 N–H and O–H groups in total. The minimum Gasteiger partial charge on any atom is -0.376 e. The van der Waals surface area contributed by atoms with E-state index in [4.69, 9.17) is 0 Å². The van der Waals surface area contributed by atoms with Crippen molar-refractivity contribution in [3.05, 3.63) is 28.4 Å². The summed E-state index contributed by atoms with van der Waals surface area (Å²) in [6.45, 7) is 6.12. The fourth-order valence-corrected chi connectivity index (χ4v) is 2.11. The zero-order chi connectivity index (χ0) is 12.3. The van der Waals surface area contributed by atoms with E-state index in [0.29, 0.717) is 0 Å². The highest BCUT2D eigenvalue weighted by molar-refractivity contribution is 9.10. The number of nitrogens with zero attached hydrogens (tertiary/aromatic N) is 1. The number of benzene rings is 1. The van der Waals surface area contributed by atoms with E-state index in [9.17, 15) is 0 Å². The molecule has 2 aromatic rings. The lowest BCUT2D eigenvalue weighted by molar-refractivity contribution is 1.14. The average molecular weight is 283 g/mol. The maximum absolute atomic E-state index is 3.53. The highest BCUT2D eigenvalue weighted by Crippen LogP contribution is 2.30. The van der Waals surface area contributed by atoms with Crippen molar-refractivity contribution in [2.24, 2.45) is 0 Å². The predicted molar refractivity (Wildman–Crippen MR) is 76.4 cm³/mol. The third kappa shape index (κ3) is 2.40. The Morgan fingerprint density at radius 3 is 2.38 bits per heavy atom. The molecular formula is C13H19BrN2. The van der Waals surface area contributed by atoms with Crippen LogP contribution in [0.1, 0.15) is 19.4 Å². The first kappa shape index (κ1) is 13.1. The van der Waals surface area contributed by atoms with Crippen molar-refractivity contribution >= 4 is 32.5 Å². The van der Waals surface area contributed by atoms with Crippen LogP contribution in [0.25, 0.3) is 10.9 Å². The van der Waals surface area contributed by atoms with Crippen LogP contribution in [0.3, 0.4) is 0 Å². The van der Waals surface area contributed by atoms with E-state index in [1.54, 1.807) is 0 Å². The average Bonchev–Trinajstić information content (AvgIpc) is 2.62. The topological polar surface area (TPSA) is 19.0 Å². The van der Waals surface area contributed by atoms with Gasteiger partial charge in [-0.15, -0.1) is 0 Å². The summed E-state index contributed by atoms with van der Waals surface area (Å²) in [5.74, 6) is 0. The van der Waals surface area contributed by atoms with Crippen molar-refractivity contribution in [1.29, 1.82) is 0 Å². The fourth-order valence-electron chi connectivity index (χ4n) is 1.67. The number of nitrogens with one attached hydrogen (secondary N) is 1. The molecule has 0 unspecified atom stereocenters. The third-order valence-electron chi connectivity index (χ3n) is 2.42. The smallest absolute Gasteiger partial charge is 0.0695 e. The molecule has 0 bridgehead atoms. The van der Waals surface area contributed by atoms with E-state index in [2.05, 4.69) is 59.0 Å². The second-order valence-electron chi connectivity index (χ2n) is 3.71. The van der Waals surface area contributed by atoms with Gasteiger partial charge in [0, 0.05) is 30.2 Å². The monoisotopic (exact) mass is 282 g/mol. The van der Waals surface area contributed by atoms with E-state index in [1.807, 2.05) is 20.0 Å². The molecule has 0 atom stereocenters. The van der Waals surface area contributed by atoms with E-state index in [-0.39, 0.29) is 0 Å². The minimum atomic E-state index is 1.12. The zero-order valence-electron chi connectivity index (χ0n) is 10.6. The number of rotatable bonds is 1. The minimum absolute atomic E-state index is 1.12. The Morgan fingerprint density at radius 2 is 1.81 bits per heavy atom. The lowest BCUT2D eigenvalue weighted by atomic mass is 10.1. The molecule has 0 aliphatic rings. The van der Waals surface area contributed by atoms with Crippen molar-refractivity contribution in [2.45, 2.75) is 20.8 Å². The van der Waals surface area contributed by atoms with Crippen LogP contribution in [-0.4, -0.2) is 19.1 Å². The summed E-state index contributed by atoms with van der Waals surface area (Å²) in [4.78, 5) is 5.42. The lowest BCUT2D eigenvalue weighted by Crippen LogP contribution is -2.09. The number of halogens is 1. The molecule has 16 heavy (non-hydrogen) atoms. The number of H-pyrrole nitrogens is 1. The molecule has 0 amide bonds. The molecule has 0 aliphatic heterocycles. The summed E-state index contributed by atoms with van der Waals surface area (Å²) in [6.07, 6.45) is 2.05. The Morgan fingerprint density at radius 1 is 1.19 bits per heavy atom. The molecule has 1 aromatic carbocycles. The van der Waals surface area contributed by atoms with E-state index in [0.717, 1.165) is 4.47 Å². The van der Waals surface area contributed by atoms with Gasteiger partial charge in [-0.3, -0.25) is 0 Å². The molecular weight excluding hydrogens is 264 g/mol. The van der Waals surface area contributed by atoms with Crippen LogP contribution in [0.4, 0.5) is 5.69 Å². The summed E-state index contributed by atoms with van der Waals surface area (Å²) in [5, 5.41) is 1.28. The summed E-state index contributed by atoms with van der Waals surface area (Å²) in [6, 6.07) is 4.27. The molecule has 0 aliphatic carbocycles. The van der Waals surface area contributed by atoms with Crippen LogP contribution < -0.4 is 4.90 Å². The second-order valence-corrected chi connectivity index (χ2v) is 4.63. The van der Waals surface area contributed by atoms with Crippen molar-refractivity contribution in [3.8, 4) is 0 Å². The van der Waals surface area contributed by atoms with Gasteiger partial charge in [0.2, 0.25) is 0 Å². The molecule has 2 rings (SSSR count). The van der Waals surface area contributed by atoms with Gasteiger partial charge in [0.25, 0.3) is 0 Å². The van der Waals surface area contributed by atoms with E-state index >= 15 is 0 Å². The normalized spacial score (nSPS) is 9.88. The maximum Gasteiger partial charge on any atom is 0.0695 e. The molecule has 2 nitrogen and oxygen atoms in total. The van der Waals surface area contributed by atoms with Gasteiger partial charge in [-0.25, -0.2) is 0 Å². The van der Waals surface area contributed by atoms with Crippen LogP contribution in [0.2, 0.25) is 0 Å². The molecule has 0 saturated heterocycles. The summed E-state index contributed by atoms with van der Waals surface area (Å²) >= 11 is 3.53. The van der Waals surface area contributed by atoms with Gasteiger partial charge < -0.3 is 9.88 Å². The quantitative estimate of drug-likeness (QED) is 0.825. The number of hydrogen-bond donors (Lipinski definition) is 1. The van der Waals surface area contributed by atoms with Crippen LogP contribution in [0.15, 0.2) is 22.8 Å². The van der Waals surface area contributed by atoms with E-state index in [1.165, 1.54) is 22.2 Å². The molecule has 0 saturated carbocycles. The third-order valence-corrected chi connectivity index (χ3v) is 2.88.